The predicted molar refractivity (Wildman–Crippen MR) is 168 cm³/mol. The van der Waals surface area contributed by atoms with Gasteiger partial charge in [-0.1, -0.05) is 59.2 Å². The molecule has 1 aromatic carbocycles. The van der Waals surface area contributed by atoms with Crippen LogP contribution in [0.15, 0.2) is 59.2 Å². The second-order valence-electron chi connectivity index (χ2n) is 12.0. The van der Waals surface area contributed by atoms with Gasteiger partial charge >= 0.3 is 12.1 Å². The molecule has 2 rings (SSSR count). The SMILES string of the molecule is CC(C)=CCCC(C)=CCCC(C)=CCSCC(NC(=O)C1Cc2ccccc2CN1C(=O)OC(C)(C)C)C(=O)O. The summed E-state index contributed by atoms with van der Waals surface area (Å²) in [6.45, 7) is 14.1. The predicted octanol–water partition coefficient (Wildman–Crippen LogP) is 7.07. The van der Waals surface area contributed by atoms with Crippen LogP contribution >= 0.6 is 11.8 Å². The number of rotatable bonds is 13. The molecule has 0 bridgehead atoms. The van der Waals surface area contributed by atoms with Crippen LogP contribution < -0.4 is 5.32 Å². The van der Waals surface area contributed by atoms with Crippen molar-refractivity contribution in [3.63, 3.8) is 0 Å². The molecule has 0 spiro atoms. The van der Waals surface area contributed by atoms with Crippen LogP contribution in [0.5, 0.6) is 0 Å². The number of ether oxygens (including phenoxy) is 1. The minimum absolute atomic E-state index is 0.226. The van der Waals surface area contributed by atoms with Crippen LogP contribution in [-0.4, -0.2) is 57.2 Å². The monoisotopic (exact) mass is 584 g/mol. The lowest BCUT2D eigenvalue weighted by Gasteiger charge is -2.37. The Kier molecular flexibility index (Phi) is 13.7. The van der Waals surface area contributed by atoms with Crippen LogP contribution in [0.1, 0.15) is 85.3 Å². The highest BCUT2D eigenvalue weighted by molar-refractivity contribution is 7.99. The number of hydrogen-bond donors (Lipinski definition) is 2. The Bertz CT molecular complexity index is 1140. The van der Waals surface area contributed by atoms with Gasteiger partial charge in [0, 0.05) is 17.9 Å². The zero-order valence-corrected chi connectivity index (χ0v) is 26.6. The number of fused-ring (bicyclic) bond motifs is 1. The van der Waals surface area contributed by atoms with E-state index in [1.165, 1.54) is 33.4 Å². The number of carbonyl (C=O) groups is 3. The van der Waals surface area contributed by atoms with E-state index in [1.807, 2.05) is 24.3 Å². The summed E-state index contributed by atoms with van der Waals surface area (Å²) in [5.74, 6) is -0.698. The first kappa shape index (κ1) is 34.2. The average Bonchev–Trinajstić information content (AvgIpc) is 2.88. The van der Waals surface area contributed by atoms with Gasteiger partial charge in [-0.2, -0.15) is 11.8 Å². The molecule has 0 radical (unpaired) electrons. The molecule has 41 heavy (non-hydrogen) atoms. The smallest absolute Gasteiger partial charge is 0.411 e. The van der Waals surface area contributed by atoms with Crippen molar-refractivity contribution in [2.45, 2.75) is 105 Å². The maximum atomic E-state index is 13.4. The number of benzene rings is 1. The number of hydrogen-bond acceptors (Lipinski definition) is 5. The van der Waals surface area contributed by atoms with Crippen molar-refractivity contribution in [2.75, 3.05) is 11.5 Å². The quantitative estimate of drug-likeness (QED) is 0.190. The summed E-state index contributed by atoms with van der Waals surface area (Å²) in [7, 11) is 0. The minimum atomic E-state index is -1.10. The molecule has 7 nitrogen and oxygen atoms in total. The molecule has 2 amide bonds. The van der Waals surface area contributed by atoms with Gasteiger partial charge in [-0.15, -0.1) is 0 Å². The average molecular weight is 585 g/mol. The summed E-state index contributed by atoms with van der Waals surface area (Å²) in [6.07, 6.45) is 10.5. The topological polar surface area (TPSA) is 95.9 Å². The van der Waals surface area contributed by atoms with Crippen LogP contribution in [0, 0.1) is 0 Å². The van der Waals surface area contributed by atoms with Crippen molar-refractivity contribution in [2.24, 2.45) is 0 Å². The van der Waals surface area contributed by atoms with E-state index in [4.69, 9.17) is 4.74 Å². The number of carbonyl (C=O) groups excluding carboxylic acids is 2. The van der Waals surface area contributed by atoms with E-state index < -0.39 is 35.7 Å². The molecule has 8 heteroatoms. The molecule has 0 fully saturated rings. The molecule has 0 aromatic heterocycles. The van der Waals surface area contributed by atoms with Gasteiger partial charge in [0.15, 0.2) is 0 Å². The normalized spacial score (nSPS) is 16.5. The molecular weight excluding hydrogens is 536 g/mol. The summed E-state index contributed by atoms with van der Waals surface area (Å²) in [5.41, 5.74) is 5.20. The first-order valence-electron chi connectivity index (χ1n) is 14.4. The van der Waals surface area contributed by atoms with Crippen LogP contribution in [0.3, 0.4) is 0 Å². The first-order valence-corrected chi connectivity index (χ1v) is 15.5. The lowest BCUT2D eigenvalue weighted by molar-refractivity contribution is -0.142. The summed E-state index contributed by atoms with van der Waals surface area (Å²) in [6, 6.07) is 5.73. The lowest BCUT2D eigenvalue weighted by atomic mass is 9.93. The lowest BCUT2D eigenvalue weighted by Crippen LogP contribution is -2.56. The highest BCUT2D eigenvalue weighted by atomic mass is 32.2. The fraction of sp³-hybridized carbons (Fsp3) is 0.545. The van der Waals surface area contributed by atoms with E-state index in [-0.39, 0.29) is 12.3 Å². The Morgan fingerprint density at radius 2 is 1.63 bits per heavy atom. The standard InChI is InChI=1S/C33H48N2O5S/c1-23(2)12-10-13-24(3)14-11-15-25(4)18-19-41-22-28(31(37)38)34-30(36)29-20-26-16-8-9-17-27(26)21-35(29)32(39)40-33(5,6)7/h8-9,12,14,16-18,28-29H,10-11,13,15,19-22H2,1-7H3,(H,34,36)(H,37,38). The highest BCUT2D eigenvalue weighted by Gasteiger charge is 2.38. The minimum Gasteiger partial charge on any atom is -0.480 e. The van der Waals surface area contributed by atoms with E-state index in [0.29, 0.717) is 12.2 Å². The van der Waals surface area contributed by atoms with Gasteiger partial charge in [0.2, 0.25) is 5.91 Å². The Morgan fingerprint density at radius 3 is 2.24 bits per heavy atom. The molecule has 2 atom stereocenters. The number of carboxylic acid groups (broad SMARTS) is 1. The largest absolute Gasteiger partial charge is 0.480 e. The summed E-state index contributed by atoms with van der Waals surface area (Å²) in [4.78, 5) is 39.8. The Morgan fingerprint density at radius 1 is 1.02 bits per heavy atom. The zero-order valence-electron chi connectivity index (χ0n) is 25.8. The number of nitrogens with zero attached hydrogens (tertiary/aromatic N) is 1. The molecule has 1 aliphatic rings. The fourth-order valence-electron chi connectivity index (χ4n) is 4.44. The summed E-state index contributed by atoms with van der Waals surface area (Å²) < 4.78 is 5.57. The number of amides is 2. The van der Waals surface area contributed by atoms with Crippen molar-refractivity contribution in [1.29, 1.82) is 0 Å². The Labute approximate surface area is 250 Å². The van der Waals surface area contributed by atoms with E-state index in [2.05, 4.69) is 51.2 Å². The number of thioether (sulfide) groups is 1. The van der Waals surface area contributed by atoms with Crippen molar-refractivity contribution in [3.8, 4) is 0 Å². The molecule has 2 unspecified atom stereocenters. The third-order valence-electron chi connectivity index (χ3n) is 6.75. The first-order chi connectivity index (χ1) is 19.3. The third-order valence-corrected chi connectivity index (χ3v) is 7.72. The van der Waals surface area contributed by atoms with Gasteiger partial charge in [-0.05, 0) is 85.3 Å². The van der Waals surface area contributed by atoms with E-state index in [1.54, 1.807) is 20.8 Å². The van der Waals surface area contributed by atoms with Crippen LogP contribution in [0.25, 0.3) is 0 Å². The summed E-state index contributed by atoms with van der Waals surface area (Å²) >= 11 is 1.46. The van der Waals surface area contributed by atoms with Crippen LogP contribution in [0.2, 0.25) is 0 Å². The van der Waals surface area contributed by atoms with E-state index in [9.17, 15) is 19.5 Å². The van der Waals surface area contributed by atoms with Crippen molar-refractivity contribution >= 4 is 29.7 Å². The molecule has 2 N–H and O–H groups in total. The van der Waals surface area contributed by atoms with Crippen molar-refractivity contribution < 1.29 is 24.2 Å². The van der Waals surface area contributed by atoms with Crippen molar-refractivity contribution in [3.05, 3.63) is 70.3 Å². The van der Waals surface area contributed by atoms with Gasteiger partial charge in [0.1, 0.15) is 17.7 Å². The van der Waals surface area contributed by atoms with Gasteiger partial charge < -0.3 is 15.2 Å². The maximum Gasteiger partial charge on any atom is 0.411 e. The zero-order chi connectivity index (χ0) is 30.6. The number of carboxylic acids is 1. The summed E-state index contributed by atoms with van der Waals surface area (Å²) in [5, 5.41) is 12.5. The molecule has 0 aliphatic carbocycles. The van der Waals surface area contributed by atoms with Gasteiger partial charge in [-0.25, -0.2) is 9.59 Å². The van der Waals surface area contributed by atoms with Crippen LogP contribution in [0.4, 0.5) is 4.79 Å². The highest BCUT2D eigenvalue weighted by Crippen LogP contribution is 2.26. The number of allylic oxidation sites excluding steroid dienone is 5. The number of aliphatic carboxylic acids is 1. The molecule has 1 heterocycles. The molecule has 1 aromatic rings. The second-order valence-corrected chi connectivity index (χ2v) is 13.1. The van der Waals surface area contributed by atoms with Gasteiger partial charge in [0.05, 0.1) is 6.54 Å². The van der Waals surface area contributed by atoms with E-state index >= 15 is 0 Å². The van der Waals surface area contributed by atoms with Crippen LogP contribution in [-0.2, 0) is 27.3 Å². The third kappa shape index (κ3) is 12.6. The van der Waals surface area contributed by atoms with Crippen molar-refractivity contribution in [1.82, 2.24) is 10.2 Å². The molecule has 0 saturated heterocycles. The Balaban J connectivity index is 1.94. The van der Waals surface area contributed by atoms with Gasteiger partial charge in [0.25, 0.3) is 0 Å². The molecular formula is C33H48N2O5S. The maximum absolute atomic E-state index is 13.4. The molecule has 226 valence electrons. The number of nitrogens with one attached hydrogen (secondary N) is 1. The molecule has 0 saturated carbocycles. The molecule has 1 aliphatic heterocycles. The fourth-order valence-corrected chi connectivity index (χ4v) is 5.44. The Hall–Kier alpha value is -3.00. The second kappa shape index (κ2) is 16.4. The van der Waals surface area contributed by atoms with E-state index in [0.717, 1.165) is 36.8 Å². The van der Waals surface area contributed by atoms with Gasteiger partial charge in [-0.3, -0.25) is 9.69 Å².